The van der Waals surface area contributed by atoms with E-state index >= 15 is 0 Å². The Hall–Kier alpha value is -3.01. The van der Waals surface area contributed by atoms with Crippen LogP contribution in [0.5, 0.6) is 0 Å². The number of ketones is 1. The van der Waals surface area contributed by atoms with Crippen LogP contribution in [0.25, 0.3) is 0 Å². The molecular formula is C32H58N8O10S2. The molecule has 1 aliphatic heterocycles. The van der Waals surface area contributed by atoms with E-state index in [0.29, 0.717) is 77.0 Å². The van der Waals surface area contributed by atoms with E-state index in [0.717, 1.165) is 6.54 Å². The Morgan fingerprint density at radius 1 is 0.615 bits per heavy atom. The van der Waals surface area contributed by atoms with Gasteiger partial charge in [-0.25, -0.2) is 0 Å². The fourth-order valence-corrected chi connectivity index (χ4v) is 7.09. The predicted molar refractivity (Wildman–Crippen MR) is 199 cm³/mol. The van der Waals surface area contributed by atoms with E-state index in [1.807, 2.05) is 21.6 Å². The number of carbonyl (C=O) groups excluding carboxylic acids is 4. The van der Waals surface area contributed by atoms with Gasteiger partial charge in [0.1, 0.15) is 0 Å². The first-order chi connectivity index (χ1) is 24.7. The molecule has 7 N–H and O–H groups in total. The number of carbonyl (C=O) groups is 7. The molecule has 0 radical (unpaired) electrons. The van der Waals surface area contributed by atoms with Crippen LogP contribution in [-0.4, -0.2) is 199 Å². The standard InChI is InChI=1S/C32H58N8O10S2/c1-4-37-11-13-39(22-30(46)47)17-15-38(16-18-40(14-12-37)23-31(48)49)21-28(43)35-10-20-52-51-19-9-34-27(42)7-5-25(24(2)41)36-32(50)26(33-3)6-8-29(44)45/h25-26,33H,4-23H2,1-3H3,(H,34,42)(H,35,43)(H,36,50)(H,44,45)(H,46,47)(H,48,49). The molecule has 0 aromatic heterocycles. The fraction of sp³-hybridized carbons (Fsp3) is 0.781. The third-order valence-corrected chi connectivity index (χ3v) is 10.7. The molecule has 0 spiro atoms. The van der Waals surface area contributed by atoms with E-state index in [2.05, 4.69) is 26.2 Å². The second-order valence-electron chi connectivity index (χ2n) is 12.4. The number of carboxylic acids is 3. The van der Waals surface area contributed by atoms with E-state index in [-0.39, 0.29) is 62.9 Å². The molecule has 1 saturated heterocycles. The van der Waals surface area contributed by atoms with Gasteiger partial charge in [-0.3, -0.25) is 48.3 Å². The molecule has 0 aliphatic carbocycles. The van der Waals surface area contributed by atoms with Crippen molar-refractivity contribution in [3.63, 3.8) is 0 Å². The average Bonchev–Trinajstić information content (AvgIpc) is 3.07. The number of hydrogen-bond donors (Lipinski definition) is 7. The normalized spacial score (nSPS) is 16.8. The van der Waals surface area contributed by atoms with Gasteiger partial charge in [-0.15, -0.1) is 0 Å². The topological polar surface area (TPSA) is 241 Å². The Bertz CT molecular complexity index is 1120. The summed E-state index contributed by atoms with van der Waals surface area (Å²) >= 11 is 0. The van der Waals surface area contributed by atoms with Crippen LogP contribution >= 0.6 is 21.6 Å². The molecule has 52 heavy (non-hydrogen) atoms. The zero-order valence-corrected chi connectivity index (χ0v) is 32.2. The maximum absolute atomic E-state index is 12.8. The predicted octanol–water partition coefficient (Wildman–Crippen LogP) is -1.68. The van der Waals surface area contributed by atoms with Gasteiger partial charge < -0.3 is 41.5 Å². The molecule has 0 saturated carbocycles. The lowest BCUT2D eigenvalue weighted by molar-refractivity contribution is -0.139. The number of carboxylic acid groups (broad SMARTS) is 3. The van der Waals surface area contributed by atoms with Gasteiger partial charge in [-0.2, -0.15) is 0 Å². The van der Waals surface area contributed by atoms with E-state index < -0.39 is 35.9 Å². The summed E-state index contributed by atoms with van der Waals surface area (Å²) in [6.07, 6.45) is -0.00333. The minimum absolute atomic E-state index is 0.0252. The number of nitrogens with one attached hydrogen (secondary N) is 4. The van der Waals surface area contributed by atoms with Crippen LogP contribution in [-0.2, 0) is 33.6 Å². The van der Waals surface area contributed by atoms with Crippen LogP contribution in [0, 0.1) is 0 Å². The molecule has 18 nitrogen and oxygen atoms in total. The minimum atomic E-state index is -1.03. The Morgan fingerprint density at radius 3 is 1.48 bits per heavy atom. The van der Waals surface area contributed by atoms with E-state index in [9.17, 15) is 43.8 Å². The van der Waals surface area contributed by atoms with Gasteiger partial charge in [0.2, 0.25) is 17.7 Å². The van der Waals surface area contributed by atoms with Crippen molar-refractivity contribution in [1.29, 1.82) is 0 Å². The summed E-state index contributed by atoms with van der Waals surface area (Å²) in [7, 11) is 4.59. The van der Waals surface area contributed by atoms with Gasteiger partial charge >= 0.3 is 17.9 Å². The summed E-state index contributed by atoms with van der Waals surface area (Å²) in [6, 6.07) is -1.64. The Balaban J connectivity index is 2.43. The highest BCUT2D eigenvalue weighted by molar-refractivity contribution is 8.76. The quantitative estimate of drug-likeness (QED) is 0.0428. The molecule has 3 amide bonds. The van der Waals surface area contributed by atoms with Gasteiger partial charge in [0.15, 0.2) is 5.78 Å². The first-order valence-electron chi connectivity index (χ1n) is 17.5. The number of hydrogen-bond acceptors (Lipinski definition) is 14. The maximum atomic E-state index is 12.8. The van der Waals surface area contributed by atoms with Crippen LogP contribution in [0.1, 0.15) is 39.5 Å². The minimum Gasteiger partial charge on any atom is -0.481 e. The monoisotopic (exact) mass is 778 g/mol. The van der Waals surface area contributed by atoms with Crippen LogP contribution in [0.3, 0.4) is 0 Å². The van der Waals surface area contributed by atoms with Crippen molar-refractivity contribution in [3.05, 3.63) is 0 Å². The van der Waals surface area contributed by atoms with E-state index in [1.165, 1.54) is 35.6 Å². The summed E-state index contributed by atoms with van der Waals surface area (Å²) in [5.74, 6) is -2.89. The molecule has 2 atom stereocenters. The Kier molecular flexibility index (Phi) is 24.9. The van der Waals surface area contributed by atoms with Crippen LogP contribution < -0.4 is 21.3 Å². The summed E-state index contributed by atoms with van der Waals surface area (Å²) < 4.78 is 0. The van der Waals surface area contributed by atoms with Crippen LogP contribution in [0.4, 0.5) is 0 Å². The van der Waals surface area contributed by atoms with Crippen molar-refractivity contribution in [2.45, 2.75) is 51.6 Å². The Labute approximate surface area is 313 Å². The molecule has 1 rings (SSSR count). The number of nitrogens with zero attached hydrogens (tertiary/aromatic N) is 4. The number of likely N-dealkylation sites (N-methyl/N-ethyl adjacent to an activating group) is 2. The van der Waals surface area contributed by atoms with Crippen molar-refractivity contribution >= 4 is 63.0 Å². The van der Waals surface area contributed by atoms with Gasteiger partial charge in [-0.05, 0) is 33.4 Å². The lowest BCUT2D eigenvalue weighted by atomic mass is 10.1. The third kappa shape index (κ3) is 22.8. The summed E-state index contributed by atoms with van der Waals surface area (Å²) in [6.45, 7) is 9.07. The van der Waals surface area contributed by atoms with Crippen LogP contribution in [0.2, 0.25) is 0 Å². The zero-order chi connectivity index (χ0) is 38.9. The van der Waals surface area contributed by atoms with Crippen molar-refractivity contribution in [3.8, 4) is 0 Å². The van der Waals surface area contributed by atoms with Crippen molar-refractivity contribution in [2.75, 3.05) is 110 Å². The van der Waals surface area contributed by atoms with Gasteiger partial charge in [0.05, 0.1) is 31.7 Å². The first kappa shape index (κ1) is 47.0. The Morgan fingerprint density at radius 2 is 1.06 bits per heavy atom. The largest absolute Gasteiger partial charge is 0.481 e. The van der Waals surface area contributed by atoms with E-state index in [1.54, 1.807) is 0 Å². The maximum Gasteiger partial charge on any atom is 0.317 e. The number of rotatable bonds is 24. The molecule has 20 heteroatoms. The number of aliphatic carboxylic acids is 3. The summed E-state index contributed by atoms with van der Waals surface area (Å²) in [5, 5.41) is 38.7. The molecule has 1 aliphatic rings. The number of Topliss-reactive ketones (excluding diaryl/α,β-unsaturated/α-hetero) is 1. The lowest BCUT2D eigenvalue weighted by Gasteiger charge is -2.33. The molecule has 1 heterocycles. The van der Waals surface area contributed by atoms with Gasteiger partial charge in [0, 0.05) is 89.8 Å². The van der Waals surface area contributed by atoms with Crippen molar-refractivity contribution in [1.82, 2.24) is 40.9 Å². The molecule has 0 aromatic rings. The number of amides is 3. The highest BCUT2D eigenvalue weighted by Crippen LogP contribution is 2.19. The zero-order valence-electron chi connectivity index (χ0n) is 30.6. The highest BCUT2D eigenvalue weighted by Gasteiger charge is 2.24. The lowest BCUT2D eigenvalue weighted by Crippen LogP contribution is -2.49. The van der Waals surface area contributed by atoms with Crippen LogP contribution in [0.15, 0.2) is 0 Å². The second kappa shape index (κ2) is 27.6. The highest BCUT2D eigenvalue weighted by atomic mass is 33.1. The summed E-state index contributed by atoms with van der Waals surface area (Å²) in [5.41, 5.74) is 0. The second-order valence-corrected chi connectivity index (χ2v) is 15.1. The third-order valence-electron chi connectivity index (χ3n) is 8.34. The SMILES string of the molecule is CCN1CCN(CC(=O)O)CCN(CC(=O)NCCSSCCNC(=O)CCC(NC(=O)C(CCC(=O)O)NC)C(C)=O)CCN(CC(=O)O)CC1. The summed E-state index contributed by atoms with van der Waals surface area (Å²) in [4.78, 5) is 91.2. The molecule has 0 aromatic carbocycles. The van der Waals surface area contributed by atoms with Crippen molar-refractivity contribution < 1.29 is 48.9 Å². The molecule has 2 unspecified atom stereocenters. The molecule has 1 fully saturated rings. The molecule has 0 bridgehead atoms. The molecule has 298 valence electrons. The van der Waals surface area contributed by atoms with Gasteiger partial charge in [0.25, 0.3) is 0 Å². The van der Waals surface area contributed by atoms with Crippen molar-refractivity contribution in [2.24, 2.45) is 0 Å². The van der Waals surface area contributed by atoms with Gasteiger partial charge in [-0.1, -0.05) is 28.5 Å². The smallest absolute Gasteiger partial charge is 0.317 e. The first-order valence-corrected chi connectivity index (χ1v) is 20.0. The average molecular weight is 779 g/mol. The fourth-order valence-electron chi connectivity index (χ4n) is 5.28. The molecular weight excluding hydrogens is 721 g/mol. The van der Waals surface area contributed by atoms with E-state index in [4.69, 9.17) is 5.11 Å².